The fraction of sp³-hybridized carbons (Fsp3) is 0.714. The second-order valence-electron chi connectivity index (χ2n) is 8.49. The number of nitrogens with one attached hydrogen (secondary N) is 3. The highest BCUT2D eigenvalue weighted by Gasteiger charge is 2.29. The van der Waals surface area contributed by atoms with Crippen LogP contribution in [0.2, 0.25) is 0 Å². The molecule has 0 fully saturated rings. The predicted octanol–water partition coefficient (Wildman–Crippen LogP) is -4.92. The van der Waals surface area contributed by atoms with Crippen LogP contribution >= 0.6 is 0 Å². The first-order valence-corrected chi connectivity index (χ1v) is 12.2. The fourth-order valence-electron chi connectivity index (χ4n) is 3.20. The number of carboxylic acid groups (broad SMARTS) is 1. The SMILES string of the molecule is NCCCCC(NC(=O)C(N)CO)C(=O)NC(CCCN=C(N)N)C(=O)NC(CCCN=C(N)N)C(=O)O. The monoisotopic (exact) mass is 545 g/mol. The molecule has 0 aliphatic heterocycles. The van der Waals surface area contributed by atoms with Gasteiger partial charge in [-0.15, -0.1) is 0 Å². The van der Waals surface area contributed by atoms with E-state index in [2.05, 4.69) is 25.9 Å². The maximum absolute atomic E-state index is 13.1. The Morgan fingerprint density at radius 3 is 1.53 bits per heavy atom. The molecule has 4 atom stereocenters. The number of nitrogens with two attached hydrogens (primary N) is 6. The van der Waals surface area contributed by atoms with Crippen LogP contribution in [0.1, 0.15) is 44.9 Å². The summed E-state index contributed by atoms with van der Waals surface area (Å²) < 4.78 is 0. The molecule has 0 bridgehead atoms. The van der Waals surface area contributed by atoms with Crippen molar-refractivity contribution in [3.05, 3.63) is 0 Å². The van der Waals surface area contributed by atoms with Crippen LogP contribution in [-0.4, -0.2) is 96.2 Å². The number of aliphatic imine (C=N–C) groups is 2. The van der Waals surface area contributed by atoms with Crippen molar-refractivity contribution in [1.29, 1.82) is 0 Å². The topological polar surface area (TPSA) is 326 Å². The zero-order chi connectivity index (χ0) is 29.1. The van der Waals surface area contributed by atoms with Gasteiger partial charge in [0, 0.05) is 13.1 Å². The van der Waals surface area contributed by atoms with Gasteiger partial charge >= 0.3 is 5.97 Å². The lowest BCUT2D eigenvalue weighted by Crippen LogP contribution is -2.57. The standard InChI is InChI=1S/C21H43N11O6/c22-8-2-1-5-13(30-16(34)12(23)11-33)17(35)31-14(6-3-9-28-20(24)25)18(36)32-15(19(37)38)7-4-10-29-21(26)27/h12-15,33H,1-11,22-23H2,(H,30,34)(H,31,35)(H,32,36)(H,37,38)(H4,24,25,28)(H4,26,27,29). The van der Waals surface area contributed by atoms with Crippen molar-refractivity contribution in [3.8, 4) is 0 Å². The molecule has 38 heavy (non-hydrogen) atoms. The van der Waals surface area contributed by atoms with Crippen molar-refractivity contribution in [3.63, 3.8) is 0 Å². The quantitative estimate of drug-likeness (QED) is 0.0389. The minimum atomic E-state index is -1.28. The highest BCUT2D eigenvalue weighted by Crippen LogP contribution is 2.07. The first-order chi connectivity index (χ1) is 17.9. The van der Waals surface area contributed by atoms with Crippen LogP contribution in [0, 0.1) is 0 Å². The molecule has 17 heteroatoms. The van der Waals surface area contributed by atoms with Crippen molar-refractivity contribution >= 4 is 35.6 Å². The summed E-state index contributed by atoms with van der Waals surface area (Å²) >= 11 is 0. The number of aliphatic hydroxyl groups is 1. The van der Waals surface area contributed by atoms with Gasteiger partial charge in [-0.25, -0.2) is 4.79 Å². The zero-order valence-corrected chi connectivity index (χ0v) is 21.5. The number of aliphatic hydroxyl groups excluding tert-OH is 1. The van der Waals surface area contributed by atoms with E-state index in [1.165, 1.54) is 0 Å². The molecule has 218 valence electrons. The van der Waals surface area contributed by atoms with Gasteiger partial charge in [0.1, 0.15) is 24.2 Å². The van der Waals surface area contributed by atoms with E-state index in [1.54, 1.807) is 0 Å². The minimum Gasteiger partial charge on any atom is -0.480 e. The molecule has 0 rings (SSSR count). The summed E-state index contributed by atoms with van der Waals surface area (Å²) in [6.45, 7) is 0.0677. The average Bonchev–Trinajstić information content (AvgIpc) is 2.85. The second-order valence-corrected chi connectivity index (χ2v) is 8.49. The van der Waals surface area contributed by atoms with Gasteiger partial charge in [0.2, 0.25) is 17.7 Å². The molecular formula is C21H43N11O6. The summed E-state index contributed by atoms with van der Waals surface area (Å²) in [5.41, 5.74) is 32.2. The molecule has 4 unspecified atom stereocenters. The lowest BCUT2D eigenvalue weighted by molar-refractivity contribution is -0.142. The predicted molar refractivity (Wildman–Crippen MR) is 141 cm³/mol. The minimum absolute atomic E-state index is 0.0311. The van der Waals surface area contributed by atoms with E-state index in [4.69, 9.17) is 39.5 Å². The van der Waals surface area contributed by atoms with E-state index in [9.17, 15) is 24.3 Å². The highest BCUT2D eigenvalue weighted by molar-refractivity contribution is 5.94. The van der Waals surface area contributed by atoms with Gasteiger partial charge in [-0.1, -0.05) is 0 Å². The first kappa shape index (κ1) is 34.3. The summed E-state index contributed by atoms with van der Waals surface area (Å²) in [4.78, 5) is 57.6. The number of aliphatic carboxylic acids is 1. The van der Waals surface area contributed by atoms with Gasteiger partial charge in [-0.2, -0.15) is 0 Å². The van der Waals surface area contributed by atoms with E-state index < -0.39 is 54.5 Å². The third kappa shape index (κ3) is 15.4. The molecule has 0 radical (unpaired) electrons. The highest BCUT2D eigenvalue weighted by atomic mass is 16.4. The largest absolute Gasteiger partial charge is 0.480 e. The molecule has 0 aromatic heterocycles. The van der Waals surface area contributed by atoms with E-state index in [0.29, 0.717) is 19.4 Å². The van der Waals surface area contributed by atoms with Crippen molar-refractivity contribution < 1.29 is 29.4 Å². The molecule has 0 heterocycles. The Hall–Kier alpha value is -3.70. The molecule has 17 N–H and O–H groups in total. The Morgan fingerprint density at radius 1 is 0.684 bits per heavy atom. The van der Waals surface area contributed by atoms with Crippen LogP contribution in [0.4, 0.5) is 0 Å². The van der Waals surface area contributed by atoms with Gasteiger partial charge < -0.3 is 60.6 Å². The van der Waals surface area contributed by atoms with Crippen LogP contribution in [0.5, 0.6) is 0 Å². The van der Waals surface area contributed by atoms with Crippen LogP contribution in [0.15, 0.2) is 9.98 Å². The van der Waals surface area contributed by atoms with E-state index in [1.807, 2.05) is 0 Å². The molecule has 0 saturated carbocycles. The third-order valence-electron chi connectivity index (χ3n) is 5.25. The second kappa shape index (κ2) is 19.4. The summed E-state index contributed by atoms with van der Waals surface area (Å²) in [6, 6.07) is -4.75. The number of guanidine groups is 2. The number of carboxylic acids is 1. The number of rotatable bonds is 20. The molecular weight excluding hydrogens is 502 g/mol. The summed E-state index contributed by atoms with van der Waals surface area (Å²) in [7, 11) is 0. The van der Waals surface area contributed by atoms with E-state index in [0.717, 1.165) is 0 Å². The van der Waals surface area contributed by atoms with Crippen LogP contribution in [0.3, 0.4) is 0 Å². The molecule has 0 aliphatic carbocycles. The molecule has 3 amide bonds. The van der Waals surface area contributed by atoms with E-state index in [-0.39, 0.29) is 57.1 Å². The number of carbonyl (C=O) groups excluding carboxylic acids is 3. The normalized spacial score (nSPS) is 13.8. The van der Waals surface area contributed by atoms with Gasteiger partial charge in [-0.05, 0) is 51.5 Å². The maximum Gasteiger partial charge on any atom is 0.326 e. The molecule has 0 spiro atoms. The molecule has 17 nitrogen and oxygen atoms in total. The smallest absolute Gasteiger partial charge is 0.326 e. The Balaban J connectivity index is 5.59. The van der Waals surface area contributed by atoms with Gasteiger partial charge in [0.25, 0.3) is 0 Å². The van der Waals surface area contributed by atoms with Gasteiger partial charge in [0.15, 0.2) is 11.9 Å². The summed E-state index contributed by atoms with van der Waals surface area (Å²) in [6.07, 6.45) is 1.90. The Kier molecular flexibility index (Phi) is 17.5. The molecule has 0 saturated heterocycles. The number of hydrogen-bond acceptors (Lipinski definition) is 9. The fourth-order valence-corrected chi connectivity index (χ4v) is 3.20. The Labute approximate surface area is 221 Å². The average molecular weight is 546 g/mol. The van der Waals surface area contributed by atoms with Gasteiger partial charge in [-0.3, -0.25) is 24.4 Å². The number of nitrogens with zero attached hydrogens (tertiary/aromatic N) is 2. The van der Waals surface area contributed by atoms with Crippen molar-refractivity contribution in [1.82, 2.24) is 16.0 Å². The molecule has 0 aromatic rings. The number of carbonyl (C=O) groups is 4. The maximum atomic E-state index is 13.1. The number of unbranched alkanes of at least 4 members (excludes halogenated alkanes) is 1. The van der Waals surface area contributed by atoms with Gasteiger partial charge in [0.05, 0.1) is 6.61 Å². The van der Waals surface area contributed by atoms with Crippen molar-refractivity contribution in [2.75, 3.05) is 26.2 Å². The first-order valence-electron chi connectivity index (χ1n) is 12.2. The van der Waals surface area contributed by atoms with Crippen molar-refractivity contribution in [2.24, 2.45) is 44.4 Å². The summed E-state index contributed by atoms with van der Waals surface area (Å²) in [5.74, 6) is -3.76. The zero-order valence-electron chi connectivity index (χ0n) is 21.5. The number of hydrogen-bond donors (Lipinski definition) is 11. The van der Waals surface area contributed by atoms with Crippen LogP contribution < -0.4 is 50.4 Å². The lowest BCUT2D eigenvalue weighted by Gasteiger charge is -2.25. The lowest BCUT2D eigenvalue weighted by atomic mass is 10.0. The summed E-state index contributed by atoms with van der Waals surface area (Å²) in [5, 5.41) is 26.1. The Morgan fingerprint density at radius 2 is 1.11 bits per heavy atom. The van der Waals surface area contributed by atoms with Crippen molar-refractivity contribution in [2.45, 2.75) is 69.1 Å². The van der Waals surface area contributed by atoms with Crippen LogP contribution in [-0.2, 0) is 19.2 Å². The molecule has 0 aliphatic rings. The third-order valence-corrected chi connectivity index (χ3v) is 5.25. The van der Waals surface area contributed by atoms with Crippen LogP contribution in [0.25, 0.3) is 0 Å². The van der Waals surface area contributed by atoms with E-state index >= 15 is 0 Å². The molecule has 0 aromatic carbocycles. The Bertz CT molecular complexity index is 815. The number of amides is 3.